The first kappa shape index (κ1) is 35.1. The van der Waals surface area contributed by atoms with Gasteiger partial charge in [0.1, 0.15) is 0 Å². The highest BCUT2D eigenvalue weighted by molar-refractivity contribution is 5.66. The number of carboxylic acid groups (broad SMARTS) is 1. The Labute approximate surface area is 184 Å². The van der Waals surface area contributed by atoms with Crippen molar-refractivity contribution in [3.63, 3.8) is 0 Å². The van der Waals surface area contributed by atoms with E-state index in [0.717, 1.165) is 12.8 Å². The monoisotopic (exact) mass is 410 g/mol. The van der Waals surface area contributed by atoms with Crippen LogP contribution in [0.15, 0.2) is 38.0 Å². The van der Waals surface area contributed by atoms with Crippen LogP contribution < -0.4 is 0 Å². The summed E-state index contributed by atoms with van der Waals surface area (Å²) in [7, 11) is 0. The Morgan fingerprint density at radius 3 is 1.00 bits per heavy atom. The quantitative estimate of drug-likeness (QED) is 0.203. The molecule has 174 valence electrons. The van der Waals surface area contributed by atoms with Crippen LogP contribution >= 0.6 is 0 Å². The van der Waals surface area contributed by atoms with Gasteiger partial charge in [0.15, 0.2) is 0 Å². The van der Waals surface area contributed by atoms with Crippen LogP contribution in [0.3, 0.4) is 0 Å². The molecule has 0 heterocycles. The number of hydrogen-bond donors (Lipinski definition) is 1. The van der Waals surface area contributed by atoms with Gasteiger partial charge in [0, 0.05) is 6.42 Å². The lowest BCUT2D eigenvalue weighted by Crippen LogP contribution is -1.93. The zero-order valence-electron chi connectivity index (χ0n) is 20.5. The van der Waals surface area contributed by atoms with E-state index in [1.165, 1.54) is 83.5 Å². The molecule has 2 heteroatoms. The van der Waals surface area contributed by atoms with E-state index in [0.29, 0.717) is 6.42 Å². The van der Waals surface area contributed by atoms with Crippen LogP contribution in [-0.2, 0) is 4.79 Å². The molecule has 0 radical (unpaired) electrons. The molecule has 0 aromatic carbocycles. The van der Waals surface area contributed by atoms with E-state index < -0.39 is 5.97 Å². The van der Waals surface area contributed by atoms with Crippen molar-refractivity contribution >= 4 is 5.97 Å². The van der Waals surface area contributed by atoms with E-state index in [4.69, 9.17) is 5.11 Å². The zero-order chi connectivity index (χ0) is 23.0. The van der Waals surface area contributed by atoms with Gasteiger partial charge in [-0.05, 0) is 27.2 Å². The molecule has 0 saturated heterocycles. The predicted octanol–water partition coefficient (Wildman–Crippen LogP) is 9.91. The average molecular weight is 411 g/mol. The molecule has 0 unspecified atom stereocenters. The average Bonchev–Trinajstić information content (AvgIpc) is 2.66. The van der Waals surface area contributed by atoms with Crippen LogP contribution in [-0.4, -0.2) is 11.1 Å². The molecule has 0 spiro atoms. The SMILES string of the molecule is C=CC.C=CC.C=CC.CCCCCCCCCCCCCCCCCC(=O)O. The number of allylic oxidation sites excluding steroid dienone is 3. The lowest BCUT2D eigenvalue weighted by molar-refractivity contribution is -0.137. The number of unbranched alkanes of at least 4 members (excludes halogenated alkanes) is 14. The standard InChI is InChI=1S/C18H36O2.3C3H6/c1-2-3-4-5-6-7-8-9-10-11-12-13-14-15-16-17-18(19)20;3*1-3-2/h2-17H2,1H3,(H,19,20);3*3H,1H2,2H3. The third-order valence-corrected chi connectivity index (χ3v) is 3.99. The summed E-state index contributed by atoms with van der Waals surface area (Å²) in [6.45, 7) is 18.0. The van der Waals surface area contributed by atoms with E-state index in [9.17, 15) is 4.79 Å². The Balaban J connectivity index is -0.000000293. The normalized spacial score (nSPS) is 8.83. The van der Waals surface area contributed by atoms with Crippen LogP contribution in [0.4, 0.5) is 0 Å². The molecule has 0 rings (SSSR count). The smallest absolute Gasteiger partial charge is 0.303 e. The number of carboxylic acids is 1. The fourth-order valence-corrected chi connectivity index (χ4v) is 2.65. The molecule has 0 saturated carbocycles. The molecule has 0 aliphatic rings. The maximum atomic E-state index is 10.3. The molecule has 2 nitrogen and oxygen atoms in total. The second-order valence-corrected chi connectivity index (χ2v) is 7.32. The van der Waals surface area contributed by atoms with E-state index in [1.807, 2.05) is 20.8 Å². The predicted molar refractivity (Wildman–Crippen MR) is 135 cm³/mol. The molecule has 1 N–H and O–H groups in total. The van der Waals surface area contributed by atoms with Gasteiger partial charge in [-0.3, -0.25) is 4.79 Å². The highest BCUT2D eigenvalue weighted by atomic mass is 16.4. The molecular weight excluding hydrogens is 356 g/mol. The Hall–Kier alpha value is -1.31. The zero-order valence-corrected chi connectivity index (χ0v) is 20.5. The number of rotatable bonds is 16. The van der Waals surface area contributed by atoms with Gasteiger partial charge in [0.25, 0.3) is 0 Å². The minimum Gasteiger partial charge on any atom is -0.481 e. The van der Waals surface area contributed by atoms with E-state index in [-0.39, 0.29) is 0 Å². The second-order valence-electron chi connectivity index (χ2n) is 7.32. The first-order chi connectivity index (χ1) is 14.0. The van der Waals surface area contributed by atoms with Crippen LogP contribution in [0.25, 0.3) is 0 Å². The van der Waals surface area contributed by atoms with Gasteiger partial charge >= 0.3 is 5.97 Å². The van der Waals surface area contributed by atoms with E-state index >= 15 is 0 Å². The minimum atomic E-state index is -0.653. The molecule has 0 aliphatic carbocycles. The fourth-order valence-electron chi connectivity index (χ4n) is 2.65. The summed E-state index contributed by atoms with van der Waals surface area (Å²) >= 11 is 0. The summed E-state index contributed by atoms with van der Waals surface area (Å²) in [4.78, 5) is 10.3. The van der Waals surface area contributed by atoms with Crippen LogP contribution in [0.2, 0.25) is 0 Å². The van der Waals surface area contributed by atoms with Gasteiger partial charge in [-0.1, -0.05) is 115 Å². The number of aliphatic carboxylic acids is 1. The third-order valence-electron chi connectivity index (χ3n) is 3.99. The van der Waals surface area contributed by atoms with Crippen molar-refractivity contribution in [2.45, 2.75) is 130 Å². The third kappa shape index (κ3) is 66.1. The van der Waals surface area contributed by atoms with Gasteiger partial charge in [-0.2, -0.15) is 0 Å². The van der Waals surface area contributed by atoms with E-state index in [1.54, 1.807) is 18.2 Å². The van der Waals surface area contributed by atoms with Gasteiger partial charge in [-0.25, -0.2) is 0 Å². The Morgan fingerprint density at radius 2 is 0.793 bits per heavy atom. The number of carbonyl (C=O) groups is 1. The number of hydrogen-bond acceptors (Lipinski definition) is 1. The summed E-state index contributed by atoms with van der Waals surface area (Å²) in [6, 6.07) is 0. The minimum absolute atomic E-state index is 0.345. The summed E-state index contributed by atoms with van der Waals surface area (Å²) in [5.41, 5.74) is 0. The Morgan fingerprint density at radius 1 is 0.586 bits per heavy atom. The lowest BCUT2D eigenvalue weighted by atomic mass is 10.0. The largest absolute Gasteiger partial charge is 0.481 e. The molecule has 0 aromatic heterocycles. The first-order valence-electron chi connectivity index (χ1n) is 11.9. The Kier molecular flexibility index (Phi) is 49.9. The van der Waals surface area contributed by atoms with Crippen molar-refractivity contribution in [2.75, 3.05) is 0 Å². The van der Waals surface area contributed by atoms with Crippen molar-refractivity contribution in [2.24, 2.45) is 0 Å². The summed E-state index contributed by atoms with van der Waals surface area (Å²) in [5.74, 6) is -0.653. The van der Waals surface area contributed by atoms with Gasteiger partial charge < -0.3 is 5.11 Å². The Bertz CT molecular complexity index is 293. The summed E-state index contributed by atoms with van der Waals surface area (Å²) in [5, 5.41) is 8.52. The van der Waals surface area contributed by atoms with Crippen molar-refractivity contribution in [3.8, 4) is 0 Å². The molecule has 0 atom stereocenters. The molecule has 0 aliphatic heterocycles. The van der Waals surface area contributed by atoms with Crippen molar-refractivity contribution in [3.05, 3.63) is 38.0 Å². The molecule has 0 aromatic rings. The van der Waals surface area contributed by atoms with Crippen molar-refractivity contribution in [1.29, 1.82) is 0 Å². The lowest BCUT2D eigenvalue weighted by Gasteiger charge is -2.03. The maximum Gasteiger partial charge on any atom is 0.303 e. The topological polar surface area (TPSA) is 37.3 Å². The van der Waals surface area contributed by atoms with Crippen LogP contribution in [0.1, 0.15) is 130 Å². The molecule has 0 amide bonds. The molecule has 0 bridgehead atoms. The molecular formula is C27H54O2. The van der Waals surface area contributed by atoms with Crippen molar-refractivity contribution in [1.82, 2.24) is 0 Å². The fraction of sp³-hybridized carbons (Fsp3) is 0.741. The highest BCUT2D eigenvalue weighted by Crippen LogP contribution is 2.13. The van der Waals surface area contributed by atoms with Gasteiger partial charge in [-0.15, -0.1) is 19.7 Å². The first-order valence-corrected chi connectivity index (χ1v) is 11.9. The van der Waals surface area contributed by atoms with E-state index in [2.05, 4.69) is 26.7 Å². The van der Waals surface area contributed by atoms with Crippen LogP contribution in [0.5, 0.6) is 0 Å². The van der Waals surface area contributed by atoms with Crippen LogP contribution in [0, 0.1) is 0 Å². The molecule has 0 fully saturated rings. The maximum absolute atomic E-state index is 10.3. The summed E-state index contributed by atoms with van der Waals surface area (Å²) < 4.78 is 0. The van der Waals surface area contributed by atoms with Crippen molar-refractivity contribution < 1.29 is 9.90 Å². The second kappa shape index (κ2) is 41.1. The summed E-state index contributed by atoms with van der Waals surface area (Å²) in [6.07, 6.45) is 25.4. The van der Waals surface area contributed by atoms with Gasteiger partial charge in [0.2, 0.25) is 0 Å². The highest BCUT2D eigenvalue weighted by Gasteiger charge is 1.97. The van der Waals surface area contributed by atoms with Gasteiger partial charge in [0.05, 0.1) is 0 Å². The molecule has 29 heavy (non-hydrogen) atoms.